The third kappa shape index (κ3) is 3.45. The van der Waals surface area contributed by atoms with E-state index < -0.39 is 0 Å². The number of benzene rings is 1. The predicted octanol–water partition coefficient (Wildman–Crippen LogP) is 3.44. The molecule has 17 heavy (non-hydrogen) atoms. The van der Waals surface area contributed by atoms with Crippen molar-refractivity contribution in [1.82, 2.24) is 0 Å². The van der Waals surface area contributed by atoms with E-state index in [1.807, 2.05) is 0 Å². The van der Waals surface area contributed by atoms with Crippen LogP contribution in [-0.4, -0.2) is 13.1 Å². The highest BCUT2D eigenvalue weighted by Crippen LogP contribution is 2.31. The predicted molar refractivity (Wildman–Crippen MR) is 67.8 cm³/mol. The molecular formula is C15H18O2. The fourth-order valence-electron chi connectivity index (χ4n) is 2.41. The van der Waals surface area contributed by atoms with Gasteiger partial charge in [0.2, 0.25) is 0 Å². The normalized spacial score (nSPS) is 19.5. The molecule has 0 saturated carbocycles. The average Bonchev–Trinajstić information content (AvgIpc) is 2.41. The first kappa shape index (κ1) is 11.9. The van der Waals surface area contributed by atoms with Crippen LogP contribution in [-0.2, 0) is 9.53 Å². The molecule has 1 aliphatic carbocycles. The molecule has 0 fully saturated rings. The molecule has 2 heteroatoms. The van der Waals surface area contributed by atoms with Gasteiger partial charge in [0.15, 0.2) is 0 Å². The van der Waals surface area contributed by atoms with Gasteiger partial charge in [-0.15, -0.1) is 0 Å². The summed E-state index contributed by atoms with van der Waals surface area (Å²) in [6.07, 6.45) is 6.83. The number of allylic oxidation sites excluding steroid dienone is 1. The summed E-state index contributed by atoms with van der Waals surface area (Å²) >= 11 is 0. The zero-order chi connectivity index (χ0) is 11.9. The standard InChI is InChI=1S/C15H18O2/c16-12-17-10-9-13-5-4-8-15(11-13)14-6-2-1-3-7-14/h1-3,6-7,11-12,15H,4-5,8-10H2. The third-order valence-corrected chi connectivity index (χ3v) is 3.29. The molecule has 0 saturated heterocycles. The molecule has 1 atom stereocenters. The highest BCUT2D eigenvalue weighted by atomic mass is 16.5. The van der Waals surface area contributed by atoms with Crippen LogP contribution in [0.3, 0.4) is 0 Å². The Morgan fingerprint density at radius 2 is 2.12 bits per heavy atom. The minimum atomic E-state index is 0.511. The monoisotopic (exact) mass is 230 g/mol. The summed E-state index contributed by atoms with van der Waals surface area (Å²) in [6.45, 7) is 1.04. The Balaban J connectivity index is 1.99. The van der Waals surface area contributed by atoms with Crippen molar-refractivity contribution in [2.75, 3.05) is 6.61 Å². The zero-order valence-electron chi connectivity index (χ0n) is 9.97. The van der Waals surface area contributed by atoms with Crippen LogP contribution in [0.15, 0.2) is 42.0 Å². The van der Waals surface area contributed by atoms with E-state index in [4.69, 9.17) is 4.74 Å². The van der Waals surface area contributed by atoms with E-state index >= 15 is 0 Å². The fourth-order valence-corrected chi connectivity index (χ4v) is 2.41. The maximum Gasteiger partial charge on any atom is 0.293 e. The average molecular weight is 230 g/mol. The van der Waals surface area contributed by atoms with Crippen LogP contribution in [0, 0.1) is 0 Å². The summed E-state index contributed by atoms with van der Waals surface area (Å²) < 4.78 is 4.76. The zero-order valence-corrected chi connectivity index (χ0v) is 9.97. The minimum absolute atomic E-state index is 0.511. The van der Waals surface area contributed by atoms with Gasteiger partial charge in [0, 0.05) is 12.3 Å². The van der Waals surface area contributed by atoms with Crippen LogP contribution in [0.4, 0.5) is 0 Å². The lowest BCUT2D eigenvalue weighted by Gasteiger charge is -2.21. The van der Waals surface area contributed by atoms with Crippen molar-refractivity contribution in [2.45, 2.75) is 31.6 Å². The SMILES string of the molecule is O=COCCC1=CC(c2ccccc2)CCC1. The van der Waals surface area contributed by atoms with E-state index in [-0.39, 0.29) is 0 Å². The van der Waals surface area contributed by atoms with Crippen molar-refractivity contribution < 1.29 is 9.53 Å². The first-order valence-corrected chi connectivity index (χ1v) is 6.20. The number of ether oxygens (including phenoxy) is 1. The van der Waals surface area contributed by atoms with Gasteiger partial charge in [-0.2, -0.15) is 0 Å². The Hall–Kier alpha value is -1.57. The van der Waals surface area contributed by atoms with Gasteiger partial charge in [0.1, 0.15) is 0 Å². The maximum atomic E-state index is 10.1. The van der Waals surface area contributed by atoms with Crippen molar-refractivity contribution in [2.24, 2.45) is 0 Å². The molecule has 1 aliphatic rings. The van der Waals surface area contributed by atoms with Crippen molar-refractivity contribution >= 4 is 6.47 Å². The molecule has 0 aromatic heterocycles. The van der Waals surface area contributed by atoms with Gasteiger partial charge >= 0.3 is 0 Å². The van der Waals surface area contributed by atoms with Crippen LogP contribution in [0.5, 0.6) is 0 Å². The quantitative estimate of drug-likeness (QED) is 0.440. The van der Waals surface area contributed by atoms with Crippen molar-refractivity contribution in [3.8, 4) is 0 Å². The molecule has 1 aromatic rings. The molecule has 0 heterocycles. The lowest BCUT2D eigenvalue weighted by atomic mass is 9.85. The Kier molecular flexibility index (Phi) is 4.37. The summed E-state index contributed by atoms with van der Waals surface area (Å²) in [6, 6.07) is 10.6. The van der Waals surface area contributed by atoms with Crippen LogP contribution < -0.4 is 0 Å². The van der Waals surface area contributed by atoms with Crippen molar-refractivity contribution in [3.63, 3.8) is 0 Å². The number of carbonyl (C=O) groups is 1. The Morgan fingerprint density at radius 3 is 2.88 bits per heavy atom. The molecular weight excluding hydrogens is 212 g/mol. The highest BCUT2D eigenvalue weighted by molar-refractivity contribution is 5.37. The molecule has 1 aromatic carbocycles. The van der Waals surface area contributed by atoms with E-state index in [9.17, 15) is 4.79 Å². The molecule has 90 valence electrons. The van der Waals surface area contributed by atoms with E-state index in [0.29, 0.717) is 19.0 Å². The van der Waals surface area contributed by atoms with Gasteiger partial charge in [0.05, 0.1) is 6.61 Å². The molecule has 2 nitrogen and oxygen atoms in total. The topological polar surface area (TPSA) is 26.3 Å². The number of hydrogen-bond acceptors (Lipinski definition) is 2. The van der Waals surface area contributed by atoms with E-state index in [1.165, 1.54) is 24.0 Å². The molecule has 0 radical (unpaired) electrons. The smallest absolute Gasteiger partial charge is 0.293 e. The van der Waals surface area contributed by atoms with Gasteiger partial charge in [0.25, 0.3) is 6.47 Å². The second-order valence-corrected chi connectivity index (χ2v) is 4.45. The minimum Gasteiger partial charge on any atom is -0.468 e. The second-order valence-electron chi connectivity index (χ2n) is 4.45. The molecule has 0 bridgehead atoms. The molecule has 1 unspecified atom stereocenters. The molecule has 2 rings (SSSR count). The summed E-state index contributed by atoms with van der Waals surface area (Å²) in [5.41, 5.74) is 2.81. The summed E-state index contributed by atoms with van der Waals surface area (Å²) in [5.74, 6) is 0.538. The number of rotatable bonds is 5. The van der Waals surface area contributed by atoms with E-state index in [2.05, 4.69) is 36.4 Å². The van der Waals surface area contributed by atoms with Gasteiger partial charge < -0.3 is 4.74 Å². The van der Waals surface area contributed by atoms with Crippen LogP contribution in [0.2, 0.25) is 0 Å². The molecule has 0 aliphatic heterocycles. The van der Waals surface area contributed by atoms with Crippen molar-refractivity contribution in [1.29, 1.82) is 0 Å². The van der Waals surface area contributed by atoms with Gasteiger partial charge in [-0.3, -0.25) is 4.79 Å². The summed E-state index contributed by atoms with van der Waals surface area (Å²) in [4.78, 5) is 10.1. The first-order chi connectivity index (χ1) is 8.40. The number of carbonyl (C=O) groups excluding carboxylic acids is 1. The van der Waals surface area contributed by atoms with Gasteiger partial charge in [-0.1, -0.05) is 42.0 Å². The van der Waals surface area contributed by atoms with E-state index in [0.717, 1.165) is 12.8 Å². The Morgan fingerprint density at radius 1 is 1.29 bits per heavy atom. The van der Waals surface area contributed by atoms with Crippen LogP contribution in [0.25, 0.3) is 0 Å². The molecule has 0 N–H and O–H groups in total. The van der Waals surface area contributed by atoms with Gasteiger partial charge in [-0.25, -0.2) is 0 Å². The first-order valence-electron chi connectivity index (χ1n) is 6.20. The summed E-state index contributed by atoms with van der Waals surface area (Å²) in [5, 5.41) is 0. The fraction of sp³-hybridized carbons (Fsp3) is 0.400. The van der Waals surface area contributed by atoms with Crippen LogP contribution in [0.1, 0.15) is 37.2 Å². The highest BCUT2D eigenvalue weighted by Gasteiger charge is 2.14. The van der Waals surface area contributed by atoms with Crippen molar-refractivity contribution in [3.05, 3.63) is 47.5 Å². The molecule has 0 amide bonds. The lowest BCUT2D eigenvalue weighted by Crippen LogP contribution is -2.05. The molecule has 0 spiro atoms. The van der Waals surface area contributed by atoms with E-state index in [1.54, 1.807) is 0 Å². The van der Waals surface area contributed by atoms with Crippen LogP contribution >= 0.6 is 0 Å². The Labute approximate surface area is 102 Å². The third-order valence-electron chi connectivity index (χ3n) is 3.29. The Bertz CT molecular complexity index is 381. The maximum absolute atomic E-state index is 10.1. The lowest BCUT2D eigenvalue weighted by molar-refractivity contribution is -0.128. The van der Waals surface area contributed by atoms with Gasteiger partial charge in [-0.05, 0) is 24.8 Å². The summed E-state index contributed by atoms with van der Waals surface area (Å²) in [7, 11) is 0. The largest absolute Gasteiger partial charge is 0.468 e. The number of hydrogen-bond donors (Lipinski definition) is 0. The second kappa shape index (κ2) is 6.24.